The van der Waals surface area contributed by atoms with Crippen LogP contribution in [0.25, 0.3) is 11.1 Å². The lowest BCUT2D eigenvalue weighted by molar-refractivity contribution is -0.199. The SMILES string of the molecule is CC(C)C[C@H](NC(=O)[C@H](CSC(c1ccccc1)(c1ccccc1)c1ccccc1)NC(=O)OCC1c2ccccc2-c2ccccc21)B1O[C@@H]2C[C@@H]3C[C@@H](C3(C)C)[C@]2(C)O1. The van der Waals surface area contributed by atoms with Crippen LogP contribution in [-0.4, -0.2) is 55.2 Å². The minimum absolute atomic E-state index is 0.0191. The molecular weight excluding hydrogens is 775 g/mol. The summed E-state index contributed by atoms with van der Waals surface area (Å²) in [6.07, 6.45) is 2.11. The highest BCUT2D eigenvalue weighted by Crippen LogP contribution is 2.66. The maximum atomic E-state index is 15.0. The van der Waals surface area contributed by atoms with E-state index in [2.05, 4.69) is 142 Å². The predicted octanol–water partition coefficient (Wildman–Crippen LogP) is 10.4. The second-order valence-electron chi connectivity index (χ2n) is 18.7. The zero-order valence-electron chi connectivity index (χ0n) is 35.9. The Balaban J connectivity index is 1.02. The molecule has 4 fully saturated rings. The number of carbonyl (C=O) groups is 2. The molecule has 0 unspecified atom stereocenters. The van der Waals surface area contributed by atoms with Gasteiger partial charge in [-0.15, -0.1) is 11.8 Å². The summed E-state index contributed by atoms with van der Waals surface area (Å²) in [4.78, 5) is 29.1. The Morgan fingerprint density at radius 3 is 1.80 bits per heavy atom. The van der Waals surface area contributed by atoms with Crippen LogP contribution in [0.3, 0.4) is 0 Å². The first-order valence-electron chi connectivity index (χ1n) is 22.0. The van der Waals surface area contributed by atoms with Gasteiger partial charge in [-0.2, -0.15) is 0 Å². The molecule has 2 amide bonds. The summed E-state index contributed by atoms with van der Waals surface area (Å²) in [5.41, 5.74) is 7.55. The summed E-state index contributed by atoms with van der Waals surface area (Å²) in [7, 11) is -0.601. The van der Waals surface area contributed by atoms with Crippen molar-refractivity contribution >= 4 is 30.9 Å². The third-order valence-electron chi connectivity index (χ3n) is 14.3. The van der Waals surface area contributed by atoms with E-state index in [4.69, 9.17) is 14.0 Å². The van der Waals surface area contributed by atoms with Gasteiger partial charge in [-0.25, -0.2) is 4.79 Å². The molecule has 1 saturated heterocycles. The summed E-state index contributed by atoms with van der Waals surface area (Å²) in [6, 6.07) is 46.8. The number of benzene rings is 5. The van der Waals surface area contributed by atoms with Crippen molar-refractivity contribution in [3.05, 3.63) is 167 Å². The van der Waals surface area contributed by atoms with Crippen LogP contribution < -0.4 is 10.6 Å². The number of amides is 2. The fourth-order valence-electron chi connectivity index (χ4n) is 11.0. The number of ether oxygens (including phenoxy) is 1. The van der Waals surface area contributed by atoms with Crippen molar-refractivity contribution in [2.45, 2.75) is 88.2 Å². The zero-order chi connectivity index (χ0) is 42.4. The Bertz CT molecular complexity index is 2200. The number of thioether (sulfide) groups is 1. The van der Waals surface area contributed by atoms with Gasteiger partial charge in [0.1, 0.15) is 12.6 Å². The number of hydrogen-bond donors (Lipinski definition) is 2. The van der Waals surface area contributed by atoms with Gasteiger partial charge in [0.2, 0.25) is 5.91 Å². The van der Waals surface area contributed by atoms with Crippen molar-refractivity contribution in [2.75, 3.05) is 12.4 Å². The molecule has 0 aromatic heterocycles. The molecule has 10 rings (SSSR count). The quantitative estimate of drug-likeness (QED) is 0.0856. The van der Waals surface area contributed by atoms with Crippen molar-refractivity contribution in [1.82, 2.24) is 10.6 Å². The topological polar surface area (TPSA) is 85.9 Å². The molecule has 9 heteroatoms. The van der Waals surface area contributed by atoms with Crippen LogP contribution in [0.5, 0.6) is 0 Å². The summed E-state index contributed by atoms with van der Waals surface area (Å²) in [5.74, 6) is 0.662. The summed E-state index contributed by atoms with van der Waals surface area (Å²) >= 11 is 1.63. The van der Waals surface area contributed by atoms with Gasteiger partial charge in [0.15, 0.2) is 0 Å². The van der Waals surface area contributed by atoms with Gasteiger partial charge in [0.25, 0.3) is 0 Å². The first-order chi connectivity index (χ1) is 29.5. The van der Waals surface area contributed by atoms with Crippen LogP contribution in [0.2, 0.25) is 0 Å². The molecule has 4 aliphatic carbocycles. The van der Waals surface area contributed by atoms with E-state index in [1.165, 1.54) is 0 Å². The van der Waals surface area contributed by atoms with Crippen LogP contribution in [0, 0.1) is 23.2 Å². The highest BCUT2D eigenvalue weighted by molar-refractivity contribution is 8.00. The van der Waals surface area contributed by atoms with Gasteiger partial charge in [-0.3, -0.25) is 4.79 Å². The van der Waals surface area contributed by atoms with Gasteiger partial charge in [0.05, 0.1) is 22.4 Å². The molecule has 5 aromatic rings. The summed E-state index contributed by atoms with van der Waals surface area (Å²) < 4.78 is 19.1. The minimum Gasteiger partial charge on any atom is -0.449 e. The van der Waals surface area contributed by atoms with Crippen LogP contribution >= 0.6 is 11.8 Å². The fraction of sp³-hybridized carbons (Fsp3) is 0.385. The molecule has 6 atom stereocenters. The Hall–Kier alpha value is -4.83. The molecule has 5 aromatic carbocycles. The predicted molar refractivity (Wildman–Crippen MR) is 245 cm³/mol. The van der Waals surface area contributed by atoms with Gasteiger partial charge in [-0.1, -0.05) is 167 Å². The number of alkyl carbamates (subject to hydrolysis) is 1. The van der Waals surface area contributed by atoms with E-state index >= 15 is 4.79 Å². The minimum atomic E-state index is -0.961. The van der Waals surface area contributed by atoms with Gasteiger partial charge >= 0.3 is 13.2 Å². The van der Waals surface area contributed by atoms with E-state index in [0.717, 1.165) is 51.8 Å². The first kappa shape index (κ1) is 41.5. The molecule has 3 saturated carbocycles. The smallest absolute Gasteiger partial charge is 0.449 e. The normalized spacial score (nSPS) is 23.2. The Morgan fingerprint density at radius 1 is 0.754 bits per heavy atom. The van der Waals surface area contributed by atoms with Crippen molar-refractivity contribution in [1.29, 1.82) is 0 Å². The maximum Gasteiger partial charge on any atom is 0.481 e. The maximum absolute atomic E-state index is 15.0. The van der Waals surface area contributed by atoms with Crippen molar-refractivity contribution in [2.24, 2.45) is 23.2 Å². The lowest BCUT2D eigenvalue weighted by Gasteiger charge is -2.64. The molecule has 61 heavy (non-hydrogen) atoms. The monoisotopic (exact) mass is 832 g/mol. The molecule has 7 nitrogen and oxygen atoms in total. The second kappa shape index (κ2) is 16.8. The molecule has 0 radical (unpaired) electrons. The van der Waals surface area contributed by atoms with Crippen LogP contribution in [-0.2, 0) is 23.6 Å². The highest BCUT2D eigenvalue weighted by Gasteiger charge is 2.68. The number of fused-ring (bicyclic) bond motifs is 3. The van der Waals surface area contributed by atoms with Gasteiger partial charge < -0.3 is 24.7 Å². The lowest BCUT2D eigenvalue weighted by atomic mass is 9.43. The van der Waals surface area contributed by atoms with Crippen molar-refractivity contribution < 1.29 is 23.6 Å². The molecule has 1 aliphatic heterocycles. The molecule has 2 N–H and O–H groups in total. The number of hydrogen-bond acceptors (Lipinski definition) is 6. The summed E-state index contributed by atoms with van der Waals surface area (Å²) in [5, 5.41) is 6.45. The third kappa shape index (κ3) is 7.61. The number of nitrogens with one attached hydrogen (secondary N) is 2. The molecular formula is C52H57BN2O5S. The summed E-state index contributed by atoms with van der Waals surface area (Å²) in [6.45, 7) is 11.4. The van der Waals surface area contributed by atoms with E-state index in [1.54, 1.807) is 11.8 Å². The molecule has 314 valence electrons. The fourth-order valence-corrected chi connectivity index (χ4v) is 12.6. The standard InChI is InChI=1S/C52H57BN2O5S/c1-34(2)29-47(53-59-46-31-38-30-45(50(38,3)4)51(46,5)60-53)55-48(56)44(54-49(57)58-32-43-41-27-17-15-25-39(41)40-26-16-18-28-42(40)43)33-61-52(35-19-9-6-10-20-35,36-21-11-7-12-22-36)37-23-13-8-14-24-37/h6-28,34,38,43-47H,29-33H2,1-5H3,(H,54,57)(H,55,56)/t38-,44-,45-,46+,47-,51-/m0/s1. The Morgan fingerprint density at radius 2 is 1.28 bits per heavy atom. The van der Waals surface area contributed by atoms with Crippen molar-refractivity contribution in [3.8, 4) is 11.1 Å². The van der Waals surface area contributed by atoms with Gasteiger partial charge in [0, 0.05) is 11.7 Å². The lowest BCUT2D eigenvalue weighted by Crippen LogP contribution is -2.65. The Labute approximate surface area is 365 Å². The average Bonchev–Trinajstić information content (AvgIpc) is 3.81. The molecule has 2 bridgehead atoms. The van der Waals surface area contributed by atoms with E-state index in [-0.39, 0.29) is 41.6 Å². The average molecular weight is 833 g/mol. The molecule has 5 aliphatic rings. The van der Waals surface area contributed by atoms with E-state index in [1.807, 2.05) is 42.5 Å². The molecule has 1 heterocycles. The van der Waals surface area contributed by atoms with Gasteiger partial charge in [-0.05, 0) is 88.3 Å². The van der Waals surface area contributed by atoms with Crippen LogP contribution in [0.15, 0.2) is 140 Å². The van der Waals surface area contributed by atoms with E-state index in [9.17, 15) is 4.79 Å². The second-order valence-corrected chi connectivity index (χ2v) is 19.9. The highest BCUT2D eigenvalue weighted by atomic mass is 32.2. The largest absolute Gasteiger partial charge is 0.481 e. The molecule has 0 spiro atoms. The van der Waals surface area contributed by atoms with Crippen LogP contribution in [0.4, 0.5) is 4.79 Å². The van der Waals surface area contributed by atoms with E-state index in [0.29, 0.717) is 18.3 Å². The Kier molecular flexibility index (Phi) is 11.4. The van der Waals surface area contributed by atoms with Crippen LogP contribution in [0.1, 0.15) is 87.6 Å². The number of carbonyl (C=O) groups excluding carboxylic acids is 2. The van der Waals surface area contributed by atoms with E-state index < -0.39 is 35.5 Å². The zero-order valence-corrected chi connectivity index (χ0v) is 36.7. The first-order valence-corrected chi connectivity index (χ1v) is 23.0. The number of rotatable bonds is 14. The third-order valence-corrected chi connectivity index (χ3v) is 16.0. The van der Waals surface area contributed by atoms with Crippen molar-refractivity contribution in [3.63, 3.8) is 0 Å².